The van der Waals surface area contributed by atoms with Gasteiger partial charge in [0.05, 0.1) is 8.07 Å². The van der Waals surface area contributed by atoms with Crippen molar-refractivity contribution in [3.05, 3.63) is 29.8 Å². The highest BCUT2D eigenvalue weighted by atomic mass is 28.3. The molecule has 0 bridgehead atoms. The van der Waals surface area contributed by atoms with Gasteiger partial charge in [-0.3, -0.25) is 0 Å². The molecule has 0 saturated heterocycles. The summed E-state index contributed by atoms with van der Waals surface area (Å²) >= 11 is 0. The molecule has 1 aliphatic rings. The molecular weight excluding hydrogens is 246 g/mol. The maximum atomic E-state index is 3.72. The molecule has 0 spiro atoms. The zero-order chi connectivity index (χ0) is 14.5. The van der Waals surface area contributed by atoms with E-state index in [4.69, 9.17) is 0 Å². The molecule has 1 saturated carbocycles. The lowest BCUT2D eigenvalue weighted by molar-refractivity contribution is 0.457. The smallest absolute Gasteiger partial charge is 0.0775 e. The molecule has 19 heavy (non-hydrogen) atoms. The minimum atomic E-state index is -1.16. The van der Waals surface area contributed by atoms with Crippen molar-refractivity contribution in [2.45, 2.75) is 59.9 Å². The third-order valence-corrected chi connectivity index (χ3v) is 7.42. The predicted octanol–water partition coefficient (Wildman–Crippen LogP) is 3.76. The average molecular weight is 276 g/mol. The van der Waals surface area contributed by atoms with Gasteiger partial charge < -0.3 is 5.32 Å². The summed E-state index contributed by atoms with van der Waals surface area (Å²) in [7, 11) is -1.16. The molecule has 2 heteroatoms. The largest absolute Gasteiger partial charge is 0.309 e. The van der Waals surface area contributed by atoms with Crippen LogP contribution < -0.4 is 10.5 Å². The summed E-state index contributed by atoms with van der Waals surface area (Å²) in [6, 6.07) is 9.88. The summed E-state index contributed by atoms with van der Waals surface area (Å²) in [4.78, 5) is 0. The van der Waals surface area contributed by atoms with E-state index < -0.39 is 8.07 Å². The van der Waals surface area contributed by atoms with Crippen LogP contribution in [0.4, 0.5) is 0 Å². The number of benzene rings is 1. The first-order valence-corrected chi connectivity index (χ1v) is 10.9. The van der Waals surface area contributed by atoms with Crippen molar-refractivity contribution in [3.63, 3.8) is 0 Å². The second-order valence-electron chi connectivity index (χ2n) is 8.20. The highest BCUT2D eigenvalue weighted by Gasteiger charge is 2.64. The monoisotopic (exact) mass is 275 g/mol. The Morgan fingerprint density at radius 3 is 1.79 bits per heavy atom. The van der Waals surface area contributed by atoms with Gasteiger partial charge in [-0.25, -0.2) is 0 Å². The van der Waals surface area contributed by atoms with Crippen molar-refractivity contribution in [3.8, 4) is 0 Å². The maximum absolute atomic E-state index is 3.72. The summed E-state index contributed by atoms with van der Waals surface area (Å²) in [6.45, 7) is 17.6. The quantitative estimate of drug-likeness (QED) is 0.825. The molecule has 2 rings (SSSR count). The number of nitrogens with one attached hydrogen (secondary N) is 1. The van der Waals surface area contributed by atoms with Gasteiger partial charge in [-0.15, -0.1) is 0 Å². The number of rotatable bonds is 4. The van der Waals surface area contributed by atoms with Gasteiger partial charge in [-0.1, -0.05) is 76.8 Å². The number of hydrogen-bond donors (Lipinski definition) is 1. The van der Waals surface area contributed by atoms with Crippen molar-refractivity contribution >= 4 is 13.3 Å². The lowest BCUT2D eigenvalue weighted by Crippen LogP contribution is -2.37. The molecular formula is C17H29NSi. The van der Waals surface area contributed by atoms with Gasteiger partial charge in [0.2, 0.25) is 0 Å². The highest BCUT2D eigenvalue weighted by molar-refractivity contribution is 6.88. The molecule has 0 atom stereocenters. The summed E-state index contributed by atoms with van der Waals surface area (Å²) in [5.41, 5.74) is 2.25. The molecule has 1 N–H and O–H groups in total. The van der Waals surface area contributed by atoms with E-state index in [1.54, 1.807) is 5.19 Å². The van der Waals surface area contributed by atoms with E-state index >= 15 is 0 Å². The van der Waals surface area contributed by atoms with Crippen molar-refractivity contribution in [2.75, 3.05) is 0 Å². The third-order valence-electron chi connectivity index (χ3n) is 5.35. The molecule has 1 aromatic rings. The van der Waals surface area contributed by atoms with Gasteiger partial charge >= 0.3 is 0 Å². The van der Waals surface area contributed by atoms with Crippen molar-refractivity contribution in [1.82, 2.24) is 5.32 Å². The first kappa shape index (κ1) is 14.8. The van der Waals surface area contributed by atoms with E-state index in [0.717, 1.165) is 6.54 Å². The second-order valence-corrected chi connectivity index (χ2v) is 13.3. The van der Waals surface area contributed by atoms with E-state index in [2.05, 4.69) is 76.9 Å². The standard InChI is InChI=1S/C17H29NSi/c1-16(2)15(17(16,3)4)18-12-13-8-10-14(11-9-13)19(5,6)7/h8-11,15,18H,12H2,1-7H3. The lowest BCUT2D eigenvalue weighted by atomic mass is 10.0. The van der Waals surface area contributed by atoms with Crippen LogP contribution in [0.3, 0.4) is 0 Å². The molecule has 1 fully saturated rings. The molecule has 1 nitrogen and oxygen atoms in total. The van der Waals surface area contributed by atoms with Gasteiger partial charge in [0, 0.05) is 12.6 Å². The average Bonchev–Trinajstić information content (AvgIpc) is 2.66. The highest BCUT2D eigenvalue weighted by Crippen LogP contribution is 2.62. The fourth-order valence-corrected chi connectivity index (χ4v) is 4.22. The summed E-state index contributed by atoms with van der Waals surface area (Å²) in [6.07, 6.45) is 0. The Kier molecular flexibility index (Phi) is 3.47. The second kappa shape index (κ2) is 4.46. The lowest BCUT2D eigenvalue weighted by Gasteiger charge is -2.17. The van der Waals surface area contributed by atoms with Crippen LogP contribution in [0.15, 0.2) is 24.3 Å². The molecule has 0 aliphatic heterocycles. The minimum absolute atomic E-state index is 0.422. The summed E-state index contributed by atoms with van der Waals surface area (Å²) in [5, 5.41) is 5.27. The summed E-state index contributed by atoms with van der Waals surface area (Å²) < 4.78 is 0. The molecule has 0 aromatic heterocycles. The molecule has 0 radical (unpaired) electrons. The fourth-order valence-electron chi connectivity index (χ4n) is 3.05. The minimum Gasteiger partial charge on any atom is -0.309 e. The summed E-state index contributed by atoms with van der Waals surface area (Å²) in [5.74, 6) is 0. The van der Waals surface area contributed by atoms with Crippen LogP contribution in [0.5, 0.6) is 0 Å². The van der Waals surface area contributed by atoms with Crippen LogP contribution in [0.2, 0.25) is 19.6 Å². The van der Waals surface area contributed by atoms with Crippen molar-refractivity contribution in [2.24, 2.45) is 10.8 Å². The molecule has 1 aliphatic carbocycles. The van der Waals surface area contributed by atoms with E-state index in [1.807, 2.05) is 0 Å². The fraction of sp³-hybridized carbons (Fsp3) is 0.647. The van der Waals surface area contributed by atoms with Gasteiger partial charge in [-0.05, 0) is 16.4 Å². The van der Waals surface area contributed by atoms with E-state index in [-0.39, 0.29) is 0 Å². The zero-order valence-electron chi connectivity index (χ0n) is 13.6. The first-order valence-electron chi connectivity index (χ1n) is 7.39. The van der Waals surface area contributed by atoms with Crippen LogP contribution in [-0.4, -0.2) is 14.1 Å². The van der Waals surface area contributed by atoms with Gasteiger partial charge in [0.1, 0.15) is 0 Å². The third kappa shape index (κ3) is 2.66. The Balaban J connectivity index is 1.95. The van der Waals surface area contributed by atoms with Crippen molar-refractivity contribution < 1.29 is 0 Å². The van der Waals surface area contributed by atoms with Crippen LogP contribution in [-0.2, 0) is 6.54 Å². The van der Waals surface area contributed by atoms with Crippen molar-refractivity contribution in [1.29, 1.82) is 0 Å². The Morgan fingerprint density at radius 1 is 0.947 bits per heavy atom. The zero-order valence-corrected chi connectivity index (χ0v) is 14.6. The molecule has 0 unspecified atom stereocenters. The van der Waals surface area contributed by atoms with E-state index in [0.29, 0.717) is 16.9 Å². The topological polar surface area (TPSA) is 12.0 Å². The maximum Gasteiger partial charge on any atom is 0.0775 e. The van der Waals surface area contributed by atoms with Crippen LogP contribution in [0.25, 0.3) is 0 Å². The van der Waals surface area contributed by atoms with E-state index in [9.17, 15) is 0 Å². The normalized spacial score (nSPS) is 21.4. The Bertz CT molecular complexity index is 437. The van der Waals surface area contributed by atoms with Gasteiger partial charge in [0.15, 0.2) is 0 Å². The Morgan fingerprint density at radius 2 is 1.42 bits per heavy atom. The molecule has 1 aromatic carbocycles. The SMILES string of the molecule is CC1(C)C(NCc2ccc([Si](C)(C)C)cc2)C1(C)C. The predicted molar refractivity (Wildman–Crippen MR) is 87.6 cm³/mol. The van der Waals surface area contributed by atoms with E-state index in [1.165, 1.54) is 5.56 Å². The van der Waals surface area contributed by atoms with Crippen LogP contribution in [0, 0.1) is 10.8 Å². The number of hydrogen-bond acceptors (Lipinski definition) is 1. The molecule has 0 amide bonds. The van der Waals surface area contributed by atoms with Gasteiger partial charge in [0.25, 0.3) is 0 Å². The van der Waals surface area contributed by atoms with Crippen LogP contribution >= 0.6 is 0 Å². The molecule has 0 heterocycles. The Labute approximate surface area is 119 Å². The first-order chi connectivity index (χ1) is 8.57. The van der Waals surface area contributed by atoms with Gasteiger partial charge in [-0.2, -0.15) is 0 Å². The van der Waals surface area contributed by atoms with Crippen LogP contribution in [0.1, 0.15) is 33.3 Å². The molecule has 106 valence electrons. The Hall–Kier alpha value is -0.603.